The molecule has 1 rings (SSSR count). The molecule has 1 aromatic carbocycles. The van der Waals surface area contributed by atoms with Crippen LogP contribution in [0.1, 0.15) is 13.3 Å². The molecule has 0 aliphatic rings. The molecule has 0 saturated carbocycles. The fourth-order valence-corrected chi connectivity index (χ4v) is 1.22. The molecule has 0 heterocycles. The van der Waals surface area contributed by atoms with Gasteiger partial charge in [0.05, 0.1) is 6.61 Å². The van der Waals surface area contributed by atoms with Crippen LogP contribution >= 0.6 is 12.2 Å². The number of carbonyl (C=O) groups excluding carboxylic acids is 1. The highest BCUT2D eigenvalue weighted by Gasteiger charge is 2.08. The molecule has 15 heavy (non-hydrogen) atoms. The van der Waals surface area contributed by atoms with E-state index in [0.717, 1.165) is 0 Å². The van der Waals surface area contributed by atoms with Crippen LogP contribution < -0.4 is 4.74 Å². The minimum atomic E-state index is -0.403. The largest absolute Gasteiger partial charge is 0.487 e. The lowest BCUT2D eigenvalue weighted by atomic mass is 10.3. The van der Waals surface area contributed by atoms with Gasteiger partial charge in [0.1, 0.15) is 12.2 Å². The van der Waals surface area contributed by atoms with Crippen LogP contribution in [0.4, 0.5) is 0 Å². The fraction of sp³-hybridized carbons (Fsp3) is 0.273. The summed E-state index contributed by atoms with van der Waals surface area (Å²) >= 11 is 4.82. The molecule has 0 aliphatic carbocycles. The first-order valence-corrected chi connectivity index (χ1v) is 5.04. The van der Waals surface area contributed by atoms with Crippen molar-refractivity contribution < 1.29 is 14.3 Å². The zero-order chi connectivity index (χ0) is 11.1. The highest BCUT2D eigenvalue weighted by Crippen LogP contribution is 2.09. The van der Waals surface area contributed by atoms with Crippen molar-refractivity contribution in [3.05, 3.63) is 30.3 Å². The van der Waals surface area contributed by atoms with Crippen molar-refractivity contribution in [2.75, 3.05) is 6.61 Å². The highest BCUT2D eigenvalue weighted by atomic mass is 32.1. The van der Waals surface area contributed by atoms with Crippen molar-refractivity contribution in [3.63, 3.8) is 0 Å². The molecule has 0 fully saturated rings. The maximum atomic E-state index is 11.3. The van der Waals surface area contributed by atoms with Crippen molar-refractivity contribution in [3.8, 4) is 5.75 Å². The van der Waals surface area contributed by atoms with E-state index >= 15 is 0 Å². The van der Waals surface area contributed by atoms with Gasteiger partial charge in [-0.3, -0.25) is 4.79 Å². The average molecular weight is 224 g/mol. The van der Waals surface area contributed by atoms with Crippen molar-refractivity contribution in [1.82, 2.24) is 0 Å². The fourth-order valence-electron chi connectivity index (χ4n) is 0.986. The summed E-state index contributed by atoms with van der Waals surface area (Å²) in [5.41, 5.74) is 0. The molecule has 0 saturated heterocycles. The van der Waals surface area contributed by atoms with Crippen LogP contribution in [0, 0.1) is 0 Å². The number of benzene rings is 1. The molecule has 0 aliphatic heterocycles. The first-order valence-electron chi connectivity index (χ1n) is 4.63. The van der Waals surface area contributed by atoms with Crippen LogP contribution in [0.15, 0.2) is 30.3 Å². The van der Waals surface area contributed by atoms with Gasteiger partial charge >= 0.3 is 5.97 Å². The smallest absolute Gasteiger partial charge is 0.319 e. The molecule has 0 atom stereocenters. The minimum Gasteiger partial charge on any atom is -0.487 e. The van der Waals surface area contributed by atoms with E-state index in [1.807, 2.05) is 13.0 Å². The van der Waals surface area contributed by atoms with Crippen molar-refractivity contribution in [2.45, 2.75) is 13.3 Å². The molecule has 3 nitrogen and oxygen atoms in total. The third-order valence-electron chi connectivity index (χ3n) is 1.57. The third kappa shape index (κ3) is 4.56. The molecule has 0 amide bonds. The Balaban J connectivity index is 2.40. The lowest BCUT2D eigenvalue weighted by Gasteiger charge is -2.05. The molecule has 0 spiro atoms. The van der Waals surface area contributed by atoms with Gasteiger partial charge in [0.2, 0.25) is 0 Å². The van der Waals surface area contributed by atoms with E-state index in [1.165, 1.54) is 0 Å². The van der Waals surface area contributed by atoms with Crippen molar-refractivity contribution in [1.29, 1.82) is 0 Å². The van der Waals surface area contributed by atoms with E-state index in [9.17, 15) is 4.79 Å². The van der Waals surface area contributed by atoms with Gasteiger partial charge in [0, 0.05) is 0 Å². The van der Waals surface area contributed by atoms with Crippen LogP contribution in [0.25, 0.3) is 0 Å². The predicted molar refractivity (Wildman–Crippen MR) is 60.9 cm³/mol. The van der Waals surface area contributed by atoms with Crippen LogP contribution in [0.3, 0.4) is 0 Å². The number of thiocarbonyl (C=S) groups is 1. The molecule has 0 aromatic heterocycles. The molecule has 4 heteroatoms. The Morgan fingerprint density at radius 2 is 2.00 bits per heavy atom. The number of esters is 1. The summed E-state index contributed by atoms with van der Waals surface area (Å²) < 4.78 is 10.0. The molecular formula is C11H12O3S. The normalized spacial score (nSPS) is 9.40. The number of para-hydroxylation sites is 1. The van der Waals surface area contributed by atoms with Crippen molar-refractivity contribution >= 4 is 23.2 Å². The lowest BCUT2D eigenvalue weighted by Crippen LogP contribution is -2.14. The van der Waals surface area contributed by atoms with Crippen LogP contribution in [0.5, 0.6) is 5.75 Å². The van der Waals surface area contributed by atoms with Gasteiger partial charge in [-0.1, -0.05) is 18.2 Å². The van der Waals surface area contributed by atoms with Crippen LogP contribution in [0.2, 0.25) is 0 Å². The molecular weight excluding hydrogens is 212 g/mol. The summed E-state index contributed by atoms with van der Waals surface area (Å²) in [6.07, 6.45) is 0.0120. The second kappa shape index (κ2) is 6.14. The maximum Gasteiger partial charge on any atom is 0.319 e. The Kier molecular flexibility index (Phi) is 4.77. The quantitative estimate of drug-likeness (QED) is 0.447. The third-order valence-corrected chi connectivity index (χ3v) is 1.83. The van der Waals surface area contributed by atoms with E-state index in [0.29, 0.717) is 12.4 Å². The van der Waals surface area contributed by atoms with Crippen LogP contribution in [-0.4, -0.2) is 17.6 Å². The van der Waals surface area contributed by atoms with E-state index in [-0.39, 0.29) is 11.5 Å². The van der Waals surface area contributed by atoms with E-state index in [4.69, 9.17) is 21.7 Å². The molecule has 0 unspecified atom stereocenters. The first-order chi connectivity index (χ1) is 7.22. The van der Waals surface area contributed by atoms with Gasteiger partial charge < -0.3 is 9.47 Å². The molecule has 0 bridgehead atoms. The van der Waals surface area contributed by atoms with Gasteiger partial charge in [-0.2, -0.15) is 0 Å². The van der Waals surface area contributed by atoms with E-state index < -0.39 is 5.97 Å². The minimum absolute atomic E-state index is 0.0120. The van der Waals surface area contributed by atoms with Gasteiger partial charge in [0.15, 0.2) is 5.05 Å². The summed E-state index contributed by atoms with van der Waals surface area (Å²) in [6, 6.07) is 8.86. The van der Waals surface area contributed by atoms with Crippen LogP contribution in [-0.2, 0) is 9.53 Å². The number of hydrogen-bond acceptors (Lipinski definition) is 4. The Morgan fingerprint density at radius 3 is 2.60 bits per heavy atom. The lowest BCUT2D eigenvalue weighted by molar-refractivity contribution is -0.133. The second-order valence-corrected chi connectivity index (χ2v) is 3.22. The molecule has 0 N–H and O–H groups in total. The number of hydrogen-bond donors (Lipinski definition) is 0. The maximum absolute atomic E-state index is 11.3. The number of rotatable bonds is 4. The predicted octanol–water partition coefficient (Wildman–Crippen LogP) is 2.35. The second-order valence-electron chi connectivity index (χ2n) is 2.77. The Morgan fingerprint density at radius 1 is 1.33 bits per heavy atom. The van der Waals surface area contributed by atoms with Gasteiger partial charge in [-0.25, -0.2) is 0 Å². The number of ether oxygens (including phenoxy) is 2. The first kappa shape index (κ1) is 11.7. The monoisotopic (exact) mass is 224 g/mol. The summed E-state index contributed by atoms with van der Waals surface area (Å²) in [6.45, 7) is 2.28. The summed E-state index contributed by atoms with van der Waals surface area (Å²) in [4.78, 5) is 11.3. The Bertz CT molecular complexity index is 335. The van der Waals surface area contributed by atoms with Gasteiger partial charge in [-0.15, -0.1) is 0 Å². The number of carbonyl (C=O) groups is 1. The molecule has 80 valence electrons. The summed E-state index contributed by atoms with van der Waals surface area (Å²) in [5, 5.41) is 0.262. The Hall–Kier alpha value is -1.42. The topological polar surface area (TPSA) is 35.5 Å². The summed E-state index contributed by atoms with van der Waals surface area (Å²) in [5.74, 6) is 0.112. The zero-order valence-corrected chi connectivity index (χ0v) is 9.25. The SMILES string of the molecule is CCOC(=S)CC(=O)Oc1ccccc1. The average Bonchev–Trinajstić information content (AvgIpc) is 2.19. The van der Waals surface area contributed by atoms with E-state index in [1.54, 1.807) is 24.3 Å². The van der Waals surface area contributed by atoms with E-state index in [2.05, 4.69) is 0 Å². The highest BCUT2D eigenvalue weighted by molar-refractivity contribution is 7.80. The van der Waals surface area contributed by atoms with Gasteiger partial charge in [0.25, 0.3) is 0 Å². The van der Waals surface area contributed by atoms with Gasteiger partial charge in [-0.05, 0) is 31.3 Å². The molecule has 1 aromatic rings. The zero-order valence-electron chi connectivity index (χ0n) is 8.43. The molecule has 0 radical (unpaired) electrons. The summed E-state index contributed by atoms with van der Waals surface area (Å²) in [7, 11) is 0. The van der Waals surface area contributed by atoms with Crippen molar-refractivity contribution in [2.24, 2.45) is 0 Å². The Labute approximate surface area is 94.0 Å². The standard InChI is InChI=1S/C11H12O3S/c1-2-13-11(15)8-10(12)14-9-6-4-3-5-7-9/h3-7H,2,8H2,1H3.